The second kappa shape index (κ2) is 4.40. The maximum atomic E-state index is 5.85. The fourth-order valence-corrected chi connectivity index (χ4v) is 2.06. The van der Waals surface area contributed by atoms with Gasteiger partial charge in [-0.15, -0.1) is 0 Å². The van der Waals surface area contributed by atoms with Crippen LogP contribution in [0.15, 0.2) is 0 Å². The number of hydrogen-bond acceptors (Lipinski definition) is 3. The lowest BCUT2D eigenvalue weighted by atomic mass is 10.1. The van der Waals surface area contributed by atoms with Crippen molar-refractivity contribution in [2.24, 2.45) is 5.73 Å². The van der Waals surface area contributed by atoms with Crippen molar-refractivity contribution in [1.29, 1.82) is 0 Å². The van der Waals surface area contributed by atoms with Gasteiger partial charge in [-0.25, -0.2) is 0 Å². The molecule has 2 saturated heterocycles. The van der Waals surface area contributed by atoms with Gasteiger partial charge in [0.25, 0.3) is 0 Å². The first-order valence-corrected chi connectivity index (χ1v) is 5.55. The van der Waals surface area contributed by atoms with Crippen LogP contribution in [-0.2, 0) is 0 Å². The van der Waals surface area contributed by atoms with Gasteiger partial charge in [-0.2, -0.15) is 0 Å². The van der Waals surface area contributed by atoms with Crippen molar-refractivity contribution in [1.82, 2.24) is 9.80 Å². The van der Waals surface area contributed by atoms with Crippen LogP contribution in [0.4, 0.5) is 0 Å². The van der Waals surface area contributed by atoms with E-state index in [0.717, 1.165) is 0 Å². The molecule has 0 aromatic carbocycles. The highest BCUT2D eigenvalue weighted by Gasteiger charge is 2.18. The largest absolute Gasteiger partial charge is 0.328 e. The van der Waals surface area contributed by atoms with Gasteiger partial charge in [0.2, 0.25) is 0 Å². The van der Waals surface area contributed by atoms with Crippen molar-refractivity contribution in [3.8, 4) is 0 Å². The predicted octanol–water partition coefficient (Wildman–Crippen LogP) is 0.115. The zero-order chi connectivity index (χ0) is 9.10. The van der Waals surface area contributed by atoms with E-state index in [-0.39, 0.29) is 0 Å². The van der Waals surface area contributed by atoms with Crippen LogP contribution in [0.2, 0.25) is 0 Å². The summed E-state index contributed by atoms with van der Waals surface area (Å²) in [5, 5.41) is 0. The van der Waals surface area contributed by atoms with E-state index in [1.807, 2.05) is 0 Å². The maximum Gasteiger partial charge on any atom is 0.0109 e. The Balaban J connectivity index is 1.59. The summed E-state index contributed by atoms with van der Waals surface area (Å²) in [5.41, 5.74) is 5.85. The van der Waals surface area contributed by atoms with E-state index < -0.39 is 0 Å². The molecule has 2 N–H and O–H groups in total. The Morgan fingerprint density at radius 1 is 0.923 bits per heavy atom. The molecule has 3 heteroatoms. The zero-order valence-corrected chi connectivity index (χ0v) is 8.41. The molecule has 0 bridgehead atoms. The normalized spacial score (nSPS) is 27.5. The summed E-state index contributed by atoms with van der Waals surface area (Å²) in [6.45, 7) is 7.62. The number of rotatable bonds is 3. The molecule has 0 radical (unpaired) electrons. The molecule has 3 nitrogen and oxygen atoms in total. The highest BCUT2D eigenvalue weighted by molar-refractivity contribution is 4.76. The van der Waals surface area contributed by atoms with Crippen LogP contribution in [0.25, 0.3) is 0 Å². The maximum absolute atomic E-state index is 5.85. The predicted molar refractivity (Wildman–Crippen MR) is 54.7 cm³/mol. The summed E-state index contributed by atoms with van der Waals surface area (Å²) < 4.78 is 0. The molecule has 0 spiro atoms. The van der Waals surface area contributed by atoms with Crippen molar-refractivity contribution in [2.75, 3.05) is 39.3 Å². The number of piperidine rings is 1. The third-order valence-electron chi connectivity index (χ3n) is 3.31. The van der Waals surface area contributed by atoms with Crippen molar-refractivity contribution >= 4 is 0 Å². The fourth-order valence-electron chi connectivity index (χ4n) is 2.06. The van der Waals surface area contributed by atoms with E-state index >= 15 is 0 Å². The summed E-state index contributed by atoms with van der Waals surface area (Å²) in [6.07, 6.45) is 3.80. The highest BCUT2D eigenvalue weighted by Crippen LogP contribution is 2.09. The van der Waals surface area contributed by atoms with E-state index in [4.69, 9.17) is 5.73 Å². The molecule has 0 unspecified atom stereocenters. The third kappa shape index (κ3) is 2.66. The molecule has 0 aromatic rings. The van der Waals surface area contributed by atoms with Gasteiger partial charge in [0.15, 0.2) is 0 Å². The van der Waals surface area contributed by atoms with Crippen LogP contribution in [0, 0.1) is 0 Å². The molecule has 0 aliphatic carbocycles. The molecular weight excluding hydrogens is 162 g/mol. The molecule has 2 aliphatic heterocycles. The number of likely N-dealkylation sites (tertiary alicyclic amines) is 2. The second-order valence-electron chi connectivity index (χ2n) is 4.37. The van der Waals surface area contributed by atoms with Crippen LogP contribution in [-0.4, -0.2) is 55.1 Å². The monoisotopic (exact) mass is 183 g/mol. The van der Waals surface area contributed by atoms with Gasteiger partial charge in [-0.3, -0.25) is 0 Å². The van der Waals surface area contributed by atoms with Crippen molar-refractivity contribution in [3.63, 3.8) is 0 Å². The Bertz CT molecular complexity index is 148. The summed E-state index contributed by atoms with van der Waals surface area (Å²) in [5.74, 6) is 0. The minimum atomic E-state index is 0.472. The molecule has 2 fully saturated rings. The minimum absolute atomic E-state index is 0.472. The Hall–Kier alpha value is -0.120. The number of nitrogens with zero attached hydrogens (tertiary/aromatic N) is 2. The lowest BCUT2D eigenvalue weighted by Gasteiger charge is -2.35. The fraction of sp³-hybridized carbons (Fsp3) is 1.00. The molecular formula is C10H21N3. The lowest BCUT2D eigenvalue weighted by molar-refractivity contribution is 0.134. The van der Waals surface area contributed by atoms with Crippen LogP contribution in [0.1, 0.15) is 19.3 Å². The van der Waals surface area contributed by atoms with E-state index in [9.17, 15) is 0 Å². The van der Waals surface area contributed by atoms with Crippen molar-refractivity contribution < 1.29 is 0 Å². The van der Waals surface area contributed by atoms with Crippen LogP contribution < -0.4 is 5.73 Å². The van der Waals surface area contributed by atoms with Crippen LogP contribution >= 0.6 is 0 Å². The van der Waals surface area contributed by atoms with Crippen molar-refractivity contribution in [3.05, 3.63) is 0 Å². The van der Waals surface area contributed by atoms with Crippen LogP contribution in [0.5, 0.6) is 0 Å². The summed E-state index contributed by atoms with van der Waals surface area (Å²) >= 11 is 0. The SMILES string of the molecule is NC1CCN(CCN2CCC2)CC1. The first-order valence-electron chi connectivity index (χ1n) is 5.55. The molecule has 2 rings (SSSR count). The van der Waals surface area contributed by atoms with Gasteiger partial charge in [0.1, 0.15) is 0 Å². The molecule has 2 aliphatic rings. The average Bonchev–Trinajstić information content (AvgIpc) is 2.05. The van der Waals surface area contributed by atoms with E-state index in [1.165, 1.54) is 58.5 Å². The molecule has 0 saturated carbocycles. The van der Waals surface area contributed by atoms with Crippen molar-refractivity contribution in [2.45, 2.75) is 25.3 Å². The summed E-state index contributed by atoms with van der Waals surface area (Å²) in [7, 11) is 0. The Kier molecular flexibility index (Phi) is 3.19. The molecule has 0 aromatic heterocycles. The standard InChI is InChI=1S/C10H21N3/c11-10-2-6-13(7-3-10)9-8-12-4-1-5-12/h10H,1-9,11H2. The Labute approximate surface area is 80.9 Å². The van der Waals surface area contributed by atoms with E-state index in [0.29, 0.717) is 6.04 Å². The first kappa shape index (κ1) is 9.44. The van der Waals surface area contributed by atoms with Gasteiger partial charge >= 0.3 is 0 Å². The average molecular weight is 183 g/mol. The van der Waals surface area contributed by atoms with Gasteiger partial charge in [-0.1, -0.05) is 0 Å². The first-order chi connectivity index (χ1) is 6.34. The minimum Gasteiger partial charge on any atom is -0.328 e. The molecule has 2 heterocycles. The smallest absolute Gasteiger partial charge is 0.0109 e. The zero-order valence-electron chi connectivity index (χ0n) is 8.41. The molecule has 13 heavy (non-hydrogen) atoms. The Morgan fingerprint density at radius 3 is 1.92 bits per heavy atom. The number of hydrogen-bond donors (Lipinski definition) is 1. The number of nitrogens with two attached hydrogens (primary N) is 1. The summed E-state index contributed by atoms with van der Waals surface area (Å²) in [6, 6.07) is 0.472. The summed E-state index contributed by atoms with van der Waals surface area (Å²) in [4.78, 5) is 5.09. The third-order valence-corrected chi connectivity index (χ3v) is 3.31. The van der Waals surface area contributed by atoms with Gasteiger partial charge in [-0.05, 0) is 45.4 Å². The van der Waals surface area contributed by atoms with E-state index in [1.54, 1.807) is 0 Å². The molecule has 0 amide bonds. The highest BCUT2D eigenvalue weighted by atomic mass is 15.2. The van der Waals surface area contributed by atoms with E-state index in [2.05, 4.69) is 9.80 Å². The topological polar surface area (TPSA) is 32.5 Å². The van der Waals surface area contributed by atoms with Gasteiger partial charge < -0.3 is 15.5 Å². The van der Waals surface area contributed by atoms with Crippen LogP contribution in [0.3, 0.4) is 0 Å². The van der Waals surface area contributed by atoms with Gasteiger partial charge in [0, 0.05) is 19.1 Å². The molecule has 76 valence electrons. The Morgan fingerprint density at radius 2 is 1.46 bits per heavy atom. The second-order valence-corrected chi connectivity index (χ2v) is 4.37. The quantitative estimate of drug-likeness (QED) is 0.674. The van der Waals surface area contributed by atoms with Gasteiger partial charge in [0.05, 0.1) is 0 Å². The molecule has 0 atom stereocenters. The lowest BCUT2D eigenvalue weighted by Crippen LogP contribution is -2.46.